The second-order valence-electron chi connectivity index (χ2n) is 7.23. The van der Waals surface area contributed by atoms with Gasteiger partial charge in [0.1, 0.15) is 5.82 Å². The average molecular weight is 357 g/mol. The maximum Gasteiger partial charge on any atom is 0.255 e. The number of nitrogens with one attached hydrogen (secondary N) is 1. The van der Waals surface area contributed by atoms with Crippen molar-refractivity contribution in [1.82, 2.24) is 4.98 Å². The molecule has 1 atom stereocenters. The number of hydrogen-bond donors (Lipinski definition) is 1. The van der Waals surface area contributed by atoms with Gasteiger partial charge in [0.2, 0.25) is 0 Å². The van der Waals surface area contributed by atoms with Gasteiger partial charge in [0.25, 0.3) is 5.91 Å². The third-order valence-electron chi connectivity index (χ3n) is 5.09. The zero-order valence-electron chi connectivity index (χ0n) is 15.9. The van der Waals surface area contributed by atoms with Gasteiger partial charge >= 0.3 is 0 Å². The van der Waals surface area contributed by atoms with Crippen molar-refractivity contribution in [2.75, 3.05) is 10.2 Å². The van der Waals surface area contributed by atoms with E-state index >= 15 is 0 Å². The quantitative estimate of drug-likeness (QED) is 0.715. The van der Waals surface area contributed by atoms with Crippen LogP contribution in [0.2, 0.25) is 0 Å². The van der Waals surface area contributed by atoms with Gasteiger partial charge in [-0.2, -0.15) is 0 Å². The summed E-state index contributed by atoms with van der Waals surface area (Å²) >= 11 is 0. The first-order valence-electron chi connectivity index (χ1n) is 9.25. The summed E-state index contributed by atoms with van der Waals surface area (Å²) in [4.78, 5) is 19.5. The first-order chi connectivity index (χ1) is 13.0. The molecule has 0 spiro atoms. The molecule has 4 rings (SSSR count). The molecule has 3 aromatic rings. The zero-order chi connectivity index (χ0) is 19.0. The number of fused-ring (bicyclic) bond motifs is 1. The Bertz CT molecular complexity index is 1010. The minimum absolute atomic E-state index is 0.120. The fourth-order valence-corrected chi connectivity index (χ4v) is 3.75. The number of para-hydroxylation sites is 1. The fourth-order valence-electron chi connectivity index (χ4n) is 3.75. The van der Waals surface area contributed by atoms with Gasteiger partial charge < -0.3 is 10.2 Å². The molecule has 4 heteroatoms. The SMILES string of the molecule is Cc1ccc(NC(=O)c2ccnc(N3c4ccccc4CC3C)c2)c(C)c1. The van der Waals surface area contributed by atoms with Crippen molar-refractivity contribution < 1.29 is 4.79 Å². The predicted octanol–water partition coefficient (Wildman–Crippen LogP) is 5.03. The smallest absolute Gasteiger partial charge is 0.255 e. The largest absolute Gasteiger partial charge is 0.323 e. The van der Waals surface area contributed by atoms with Gasteiger partial charge in [0.05, 0.1) is 0 Å². The Morgan fingerprint density at radius 1 is 1.11 bits per heavy atom. The van der Waals surface area contributed by atoms with E-state index < -0.39 is 0 Å². The molecule has 4 nitrogen and oxygen atoms in total. The molecule has 1 aromatic heterocycles. The number of amides is 1. The van der Waals surface area contributed by atoms with E-state index in [-0.39, 0.29) is 5.91 Å². The minimum atomic E-state index is -0.120. The molecule has 0 fully saturated rings. The Balaban J connectivity index is 1.62. The molecule has 0 saturated heterocycles. The van der Waals surface area contributed by atoms with Crippen molar-refractivity contribution >= 4 is 23.1 Å². The summed E-state index contributed by atoms with van der Waals surface area (Å²) < 4.78 is 0. The van der Waals surface area contributed by atoms with E-state index in [0.29, 0.717) is 11.6 Å². The molecular formula is C23H23N3O. The summed E-state index contributed by atoms with van der Waals surface area (Å²) in [5.74, 6) is 0.687. The van der Waals surface area contributed by atoms with Crippen molar-refractivity contribution in [1.29, 1.82) is 0 Å². The first-order valence-corrected chi connectivity index (χ1v) is 9.25. The van der Waals surface area contributed by atoms with Crippen LogP contribution in [0.5, 0.6) is 0 Å². The van der Waals surface area contributed by atoms with Crippen LogP contribution in [0.25, 0.3) is 0 Å². The van der Waals surface area contributed by atoms with Crippen LogP contribution in [0, 0.1) is 13.8 Å². The first kappa shape index (κ1) is 17.3. The maximum atomic E-state index is 12.8. The van der Waals surface area contributed by atoms with Crippen molar-refractivity contribution in [2.24, 2.45) is 0 Å². The van der Waals surface area contributed by atoms with Crippen LogP contribution < -0.4 is 10.2 Å². The molecule has 27 heavy (non-hydrogen) atoms. The molecule has 1 N–H and O–H groups in total. The van der Waals surface area contributed by atoms with Gasteiger partial charge in [-0.25, -0.2) is 4.98 Å². The normalized spacial score (nSPS) is 15.5. The topological polar surface area (TPSA) is 45.2 Å². The number of carbonyl (C=O) groups is 1. The van der Waals surface area contributed by atoms with Crippen molar-refractivity contribution in [3.05, 3.63) is 83.0 Å². The van der Waals surface area contributed by atoms with Crippen LogP contribution in [0.15, 0.2) is 60.8 Å². The highest BCUT2D eigenvalue weighted by atomic mass is 16.1. The number of aryl methyl sites for hydroxylation is 2. The zero-order valence-corrected chi connectivity index (χ0v) is 15.9. The highest BCUT2D eigenvalue weighted by molar-refractivity contribution is 6.05. The fraction of sp³-hybridized carbons (Fsp3) is 0.217. The van der Waals surface area contributed by atoms with Crippen LogP contribution in [0.3, 0.4) is 0 Å². The summed E-state index contributed by atoms with van der Waals surface area (Å²) in [6.45, 7) is 6.23. The number of aromatic nitrogens is 1. The lowest BCUT2D eigenvalue weighted by atomic mass is 10.1. The van der Waals surface area contributed by atoms with Gasteiger partial charge in [-0.1, -0.05) is 35.9 Å². The van der Waals surface area contributed by atoms with Crippen molar-refractivity contribution in [3.8, 4) is 0 Å². The summed E-state index contributed by atoms with van der Waals surface area (Å²) in [5, 5.41) is 3.02. The molecule has 1 aliphatic heterocycles. The lowest BCUT2D eigenvalue weighted by Gasteiger charge is -2.24. The molecule has 0 bridgehead atoms. The average Bonchev–Trinajstić information content (AvgIpc) is 2.99. The number of hydrogen-bond acceptors (Lipinski definition) is 3. The Labute approximate surface area is 159 Å². The third kappa shape index (κ3) is 3.31. The van der Waals surface area contributed by atoms with E-state index in [0.717, 1.165) is 23.5 Å². The maximum absolute atomic E-state index is 12.8. The van der Waals surface area contributed by atoms with Crippen LogP contribution in [0.4, 0.5) is 17.2 Å². The highest BCUT2D eigenvalue weighted by Gasteiger charge is 2.28. The molecule has 136 valence electrons. The Hall–Kier alpha value is -3.14. The number of benzene rings is 2. The number of rotatable bonds is 3. The van der Waals surface area contributed by atoms with Crippen LogP contribution in [-0.4, -0.2) is 16.9 Å². The van der Waals surface area contributed by atoms with Crippen LogP contribution in [-0.2, 0) is 6.42 Å². The second-order valence-corrected chi connectivity index (χ2v) is 7.23. The molecule has 1 aliphatic rings. The Morgan fingerprint density at radius 3 is 2.74 bits per heavy atom. The molecule has 1 unspecified atom stereocenters. The predicted molar refractivity (Wildman–Crippen MR) is 110 cm³/mol. The minimum Gasteiger partial charge on any atom is -0.323 e. The highest BCUT2D eigenvalue weighted by Crippen LogP contribution is 2.37. The van der Waals surface area contributed by atoms with Gasteiger partial charge in [0, 0.05) is 29.2 Å². The Morgan fingerprint density at radius 2 is 1.93 bits per heavy atom. The van der Waals surface area contributed by atoms with E-state index in [1.165, 1.54) is 16.8 Å². The number of nitrogens with zero attached hydrogens (tertiary/aromatic N) is 2. The molecule has 0 radical (unpaired) electrons. The standard InChI is InChI=1S/C23H23N3O/c1-15-8-9-20(16(2)12-15)25-23(27)19-10-11-24-22(14-19)26-17(3)13-18-6-4-5-7-21(18)26/h4-12,14,17H,13H2,1-3H3,(H,25,27). The Kier molecular flexibility index (Phi) is 4.40. The number of carbonyl (C=O) groups excluding carboxylic acids is 1. The lowest BCUT2D eigenvalue weighted by molar-refractivity contribution is 0.102. The molecule has 2 aromatic carbocycles. The van der Waals surface area contributed by atoms with E-state index in [9.17, 15) is 4.79 Å². The molecule has 2 heterocycles. The summed E-state index contributed by atoms with van der Waals surface area (Å²) in [6, 6.07) is 18.3. The van der Waals surface area contributed by atoms with E-state index in [1.54, 1.807) is 12.3 Å². The molecular weight excluding hydrogens is 334 g/mol. The molecule has 1 amide bonds. The van der Waals surface area contributed by atoms with E-state index in [1.807, 2.05) is 38.1 Å². The van der Waals surface area contributed by atoms with Crippen LogP contribution >= 0.6 is 0 Å². The van der Waals surface area contributed by atoms with Crippen LogP contribution in [0.1, 0.15) is 34.0 Å². The lowest BCUT2D eigenvalue weighted by Crippen LogP contribution is -2.25. The number of pyridine rings is 1. The van der Waals surface area contributed by atoms with Gasteiger partial charge in [-0.15, -0.1) is 0 Å². The molecule has 0 saturated carbocycles. The van der Waals surface area contributed by atoms with Crippen molar-refractivity contribution in [2.45, 2.75) is 33.2 Å². The molecule has 0 aliphatic carbocycles. The monoisotopic (exact) mass is 357 g/mol. The second kappa shape index (κ2) is 6.88. The van der Waals surface area contributed by atoms with Gasteiger partial charge in [-0.05, 0) is 62.6 Å². The number of anilines is 3. The van der Waals surface area contributed by atoms with Crippen molar-refractivity contribution in [3.63, 3.8) is 0 Å². The summed E-state index contributed by atoms with van der Waals surface area (Å²) in [5.41, 5.74) is 6.17. The summed E-state index contributed by atoms with van der Waals surface area (Å²) in [7, 11) is 0. The van der Waals surface area contributed by atoms with E-state index in [4.69, 9.17) is 0 Å². The van der Waals surface area contributed by atoms with E-state index in [2.05, 4.69) is 46.4 Å². The van der Waals surface area contributed by atoms with Gasteiger partial charge in [0.15, 0.2) is 0 Å². The third-order valence-corrected chi connectivity index (χ3v) is 5.09. The van der Waals surface area contributed by atoms with Gasteiger partial charge in [-0.3, -0.25) is 4.79 Å². The summed E-state index contributed by atoms with van der Waals surface area (Å²) in [6.07, 6.45) is 2.69.